The summed E-state index contributed by atoms with van der Waals surface area (Å²) in [4.78, 5) is 19.0. The minimum Gasteiger partial charge on any atom is -0.488 e. The van der Waals surface area contributed by atoms with Crippen molar-refractivity contribution in [3.63, 3.8) is 0 Å². The van der Waals surface area contributed by atoms with Gasteiger partial charge in [0.05, 0.1) is 24.6 Å². The molecule has 2 aromatic heterocycles. The number of ether oxygens (including phenoxy) is 3. The van der Waals surface area contributed by atoms with Gasteiger partial charge in [0.25, 0.3) is 0 Å². The van der Waals surface area contributed by atoms with E-state index in [1.165, 1.54) is 29.1 Å². The number of nitrogens with zero attached hydrogens (tertiary/aromatic N) is 4. The maximum Gasteiger partial charge on any atom is 0.342 e. The van der Waals surface area contributed by atoms with Gasteiger partial charge in [-0.15, -0.1) is 0 Å². The molecule has 0 amide bonds. The average molecular weight is 583 g/mol. The van der Waals surface area contributed by atoms with Crippen LogP contribution >= 0.6 is 0 Å². The van der Waals surface area contributed by atoms with Gasteiger partial charge in [0.15, 0.2) is 5.82 Å². The number of methoxy groups -OCH3 is 1. The van der Waals surface area contributed by atoms with E-state index in [1.54, 1.807) is 6.07 Å². The Labute approximate surface area is 252 Å². The molecule has 0 aliphatic carbocycles. The lowest BCUT2D eigenvalue weighted by molar-refractivity contribution is -0.0851. The van der Waals surface area contributed by atoms with Gasteiger partial charge in [-0.1, -0.05) is 36.4 Å². The Balaban J connectivity index is 1.20. The van der Waals surface area contributed by atoms with Crippen LogP contribution in [0, 0.1) is 6.92 Å². The highest BCUT2D eigenvalue weighted by Crippen LogP contribution is 2.35. The van der Waals surface area contributed by atoms with Crippen molar-refractivity contribution in [2.45, 2.75) is 64.8 Å². The first kappa shape index (κ1) is 28.9. The molecule has 224 valence electrons. The Bertz CT molecular complexity index is 1650. The van der Waals surface area contributed by atoms with E-state index in [4.69, 9.17) is 19.2 Å². The first-order valence-corrected chi connectivity index (χ1v) is 14.8. The van der Waals surface area contributed by atoms with Crippen LogP contribution in [0.1, 0.15) is 59.3 Å². The van der Waals surface area contributed by atoms with Crippen molar-refractivity contribution in [1.82, 2.24) is 19.7 Å². The monoisotopic (exact) mass is 582 g/mol. The number of para-hydroxylation sites is 1. The number of carbonyl (C=O) groups is 1. The third-order valence-corrected chi connectivity index (χ3v) is 8.47. The fourth-order valence-electron chi connectivity index (χ4n) is 6.28. The number of hydrogen-bond acceptors (Lipinski definition) is 7. The van der Waals surface area contributed by atoms with Crippen molar-refractivity contribution < 1.29 is 24.1 Å². The fraction of sp³-hybridized carbons (Fsp3) is 0.382. The number of rotatable bonds is 8. The van der Waals surface area contributed by atoms with E-state index in [-0.39, 0.29) is 17.0 Å². The summed E-state index contributed by atoms with van der Waals surface area (Å²) in [5, 5.41) is 13.7. The van der Waals surface area contributed by atoms with Gasteiger partial charge in [-0.25, -0.2) is 9.78 Å². The number of hydrogen-bond donors (Lipinski definition) is 1. The molecule has 2 aromatic carbocycles. The Morgan fingerprint density at radius 1 is 1.14 bits per heavy atom. The van der Waals surface area contributed by atoms with E-state index < -0.39 is 5.97 Å². The molecule has 1 fully saturated rings. The molecule has 0 bridgehead atoms. The van der Waals surface area contributed by atoms with E-state index in [0.717, 1.165) is 61.4 Å². The molecule has 2 aliphatic heterocycles. The predicted molar refractivity (Wildman–Crippen MR) is 163 cm³/mol. The molecular weight excluding hydrogens is 544 g/mol. The zero-order chi connectivity index (χ0) is 30.1. The van der Waals surface area contributed by atoms with E-state index >= 15 is 0 Å². The largest absolute Gasteiger partial charge is 0.488 e. The van der Waals surface area contributed by atoms with Gasteiger partial charge in [0.1, 0.15) is 17.9 Å². The lowest BCUT2D eigenvalue weighted by atomic mass is 9.90. The maximum absolute atomic E-state index is 11.6. The standard InChI is InChI=1S/C34H38N4O5/c1-22-7-5-8-27(29-9-6-10-30(36-29)38-32(41-4)28(19-35-38)33(39)40)31(22)42-21-23-11-12-25-20-37(15-13-24(25)17-23)26-14-16-43-34(2,3)18-26/h5-12,17,19,26H,13-16,18,20-21H2,1-4H3,(H,39,40). The Morgan fingerprint density at radius 2 is 1.98 bits per heavy atom. The van der Waals surface area contributed by atoms with Gasteiger partial charge < -0.3 is 19.3 Å². The lowest BCUT2D eigenvalue weighted by Crippen LogP contribution is -2.47. The molecule has 6 rings (SSSR count). The van der Waals surface area contributed by atoms with Crippen LogP contribution in [0.15, 0.2) is 60.8 Å². The molecule has 1 N–H and O–H groups in total. The maximum atomic E-state index is 11.6. The Hall–Kier alpha value is -4.21. The Morgan fingerprint density at radius 3 is 2.77 bits per heavy atom. The molecule has 2 aliphatic rings. The number of aryl methyl sites for hydroxylation is 1. The topological polar surface area (TPSA) is 98.9 Å². The van der Waals surface area contributed by atoms with Crippen LogP contribution in [-0.4, -0.2) is 62.6 Å². The van der Waals surface area contributed by atoms with Gasteiger partial charge in [0, 0.05) is 31.3 Å². The number of aromatic carboxylic acids is 1. The molecule has 0 saturated carbocycles. The number of benzene rings is 2. The SMILES string of the molecule is COc1c(C(=O)O)cnn1-c1cccc(-c2cccc(C)c2OCc2ccc3c(c2)CCN(C2CCOC(C)(C)C2)C3)n1. The highest BCUT2D eigenvalue weighted by molar-refractivity contribution is 5.90. The van der Waals surface area contributed by atoms with Crippen molar-refractivity contribution in [3.8, 4) is 28.7 Å². The Kier molecular flexibility index (Phi) is 7.94. The molecule has 0 radical (unpaired) electrons. The van der Waals surface area contributed by atoms with Crippen molar-refractivity contribution in [2.24, 2.45) is 0 Å². The number of aromatic nitrogens is 3. The fourth-order valence-corrected chi connectivity index (χ4v) is 6.28. The summed E-state index contributed by atoms with van der Waals surface area (Å²) >= 11 is 0. The normalized spacial score (nSPS) is 18.2. The molecule has 1 atom stereocenters. The van der Waals surface area contributed by atoms with Crippen molar-refractivity contribution in [1.29, 1.82) is 0 Å². The summed E-state index contributed by atoms with van der Waals surface area (Å²) in [7, 11) is 1.42. The van der Waals surface area contributed by atoms with E-state index in [2.05, 4.69) is 42.0 Å². The minimum absolute atomic E-state index is 0.0282. The quantitative estimate of drug-likeness (QED) is 0.277. The molecule has 1 unspecified atom stereocenters. The summed E-state index contributed by atoms with van der Waals surface area (Å²) < 4.78 is 19.2. The molecular formula is C34H38N4O5. The van der Waals surface area contributed by atoms with Gasteiger partial charge >= 0.3 is 5.97 Å². The summed E-state index contributed by atoms with van der Waals surface area (Å²) in [5.74, 6) is 0.209. The second-order valence-electron chi connectivity index (χ2n) is 12.0. The van der Waals surface area contributed by atoms with Crippen molar-refractivity contribution in [3.05, 3.63) is 88.6 Å². The van der Waals surface area contributed by atoms with E-state index in [1.807, 2.05) is 37.3 Å². The summed E-state index contributed by atoms with van der Waals surface area (Å²) in [6.07, 6.45) is 4.47. The second kappa shape index (κ2) is 11.8. The minimum atomic E-state index is -1.11. The van der Waals surface area contributed by atoms with Crippen LogP contribution in [0.2, 0.25) is 0 Å². The highest BCUT2D eigenvalue weighted by Gasteiger charge is 2.33. The molecule has 1 saturated heterocycles. The zero-order valence-electron chi connectivity index (χ0n) is 25.2. The van der Waals surface area contributed by atoms with Crippen LogP contribution in [-0.2, 0) is 24.3 Å². The second-order valence-corrected chi connectivity index (χ2v) is 12.0. The number of carboxylic acids is 1. The van der Waals surface area contributed by atoms with Crippen LogP contribution in [0.5, 0.6) is 11.6 Å². The summed E-state index contributed by atoms with van der Waals surface area (Å²) in [6, 6.07) is 18.8. The van der Waals surface area contributed by atoms with Crippen LogP contribution in [0.3, 0.4) is 0 Å². The zero-order valence-corrected chi connectivity index (χ0v) is 25.2. The number of fused-ring (bicyclic) bond motifs is 1. The van der Waals surface area contributed by atoms with Gasteiger partial charge in [-0.05, 0) is 80.5 Å². The third kappa shape index (κ3) is 6.00. The van der Waals surface area contributed by atoms with Crippen LogP contribution in [0.4, 0.5) is 0 Å². The smallest absolute Gasteiger partial charge is 0.342 e. The predicted octanol–water partition coefficient (Wildman–Crippen LogP) is 5.84. The van der Waals surface area contributed by atoms with Crippen LogP contribution < -0.4 is 9.47 Å². The molecule has 0 spiro atoms. The van der Waals surface area contributed by atoms with Gasteiger partial charge in [-0.2, -0.15) is 9.78 Å². The van der Waals surface area contributed by atoms with E-state index in [0.29, 0.717) is 24.2 Å². The highest BCUT2D eigenvalue weighted by atomic mass is 16.5. The summed E-state index contributed by atoms with van der Waals surface area (Å²) in [6.45, 7) is 9.75. The molecule has 9 heteroatoms. The first-order valence-electron chi connectivity index (χ1n) is 14.8. The molecule has 43 heavy (non-hydrogen) atoms. The first-order chi connectivity index (χ1) is 20.7. The molecule has 4 aromatic rings. The molecule has 4 heterocycles. The van der Waals surface area contributed by atoms with Gasteiger partial charge in [-0.3, -0.25) is 4.90 Å². The number of pyridine rings is 1. The molecule has 9 nitrogen and oxygen atoms in total. The van der Waals surface area contributed by atoms with Crippen molar-refractivity contribution in [2.75, 3.05) is 20.3 Å². The van der Waals surface area contributed by atoms with E-state index in [9.17, 15) is 9.90 Å². The number of carboxylic acid groups (broad SMARTS) is 1. The third-order valence-electron chi connectivity index (χ3n) is 8.47. The van der Waals surface area contributed by atoms with Crippen molar-refractivity contribution >= 4 is 5.97 Å². The summed E-state index contributed by atoms with van der Waals surface area (Å²) in [5.41, 5.74) is 6.40. The lowest BCUT2D eigenvalue weighted by Gasteiger charge is -2.43. The average Bonchev–Trinajstić information content (AvgIpc) is 3.44. The van der Waals surface area contributed by atoms with Gasteiger partial charge in [0.2, 0.25) is 5.88 Å². The van der Waals surface area contributed by atoms with Crippen LogP contribution in [0.25, 0.3) is 17.1 Å².